The van der Waals surface area contributed by atoms with Crippen molar-refractivity contribution in [1.29, 1.82) is 0 Å². The molecule has 0 bridgehead atoms. The minimum atomic E-state index is -0.306. The molecule has 0 amide bonds. The van der Waals surface area contributed by atoms with E-state index in [4.69, 9.17) is 15.2 Å². The summed E-state index contributed by atoms with van der Waals surface area (Å²) in [5.74, 6) is 1.34. The Morgan fingerprint density at radius 1 is 1.10 bits per heavy atom. The monoisotopic (exact) mass is 505 g/mol. The number of halogens is 1. The summed E-state index contributed by atoms with van der Waals surface area (Å²) in [5, 5.41) is 0. The molecule has 0 atom stereocenters. The van der Waals surface area contributed by atoms with Crippen LogP contribution in [0.25, 0.3) is 6.08 Å². The van der Waals surface area contributed by atoms with Crippen LogP contribution in [0.2, 0.25) is 0 Å². The van der Waals surface area contributed by atoms with E-state index in [9.17, 15) is 4.79 Å². The van der Waals surface area contributed by atoms with Crippen LogP contribution in [-0.2, 0) is 5.41 Å². The van der Waals surface area contributed by atoms with Crippen LogP contribution in [0.5, 0.6) is 11.5 Å². The summed E-state index contributed by atoms with van der Waals surface area (Å²) >= 11 is 2.25. The standard InChI is InChI=1S/C24H28INO3/c1-6-28-22-15-23(29-7-2)20(24(4,5)16(3)25)14-18(22)10-13-21(27)17-8-11-19(26)12-9-17/h8-15H,3,6-7,26H2,1-2,4-5H3/b13-10+. The number of ether oxygens (including phenoxy) is 2. The predicted octanol–water partition coefficient (Wildman–Crippen LogP) is 6.19. The first-order valence-corrected chi connectivity index (χ1v) is 10.7. The van der Waals surface area contributed by atoms with Crippen LogP contribution in [0.15, 0.2) is 52.6 Å². The molecule has 0 spiro atoms. The molecular formula is C24H28INO3. The largest absolute Gasteiger partial charge is 0.493 e. The van der Waals surface area contributed by atoms with E-state index in [1.807, 2.05) is 26.0 Å². The van der Waals surface area contributed by atoms with Crippen LogP contribution in [-0.4, -0.2) is 19.0 Å². The minimum Gasteiger partial charge on any atom is -0.493 e. The zero-order valence-corrected chi connectivity index (χ0v) is 19.6. The predicted molar refractivity (Wildman–Crippen MR) is 129 cm³/mol. The van der Waals surface area contributed by atoms with E-state index in [0.717, 1.165) is 20.5 Å². The summed E-state index contributed by atoms with van der Waals surface area (Å²) in [6.45, 7) is 13.3. The fourth-order valence-corrected chi connectivity index (χ4v) is 3.10. The van der Waals surface area contributed by atoms with Gasteiger partial charge in [-0.1, -0.05) is 20.4 Å². The Labute approximate surface area is 186 Å². The second-order valence-corrected chi connectivity index (χ2v) is 8.40. The van der Waals surface area contributed by atoms with Crippen molar-refractivity contribution in [3.63, 3.8) is 0 Å². The average Bonchev–Trinajstić information content (AvgIpc) is 2.67. The molecule has 0 saturated carbocycles. The molecule has 0 heterocycles. The van der Waals surface area contributed by atoms with Crippen molar-refractivity contribution in [2.75, 3.05) is 18.9 Å². The van der Waals surface area contributed by atoms with E-state index in [1.165, 1.54) is 0 Å². The third-order valence-electron chi connectivity index (χ3n) is 4.67. The third-order valence-corrected chi connectivity index (χ3v) is 6.02. The lowest BCUT2D eigenvalue weighted by Gasteiger charge is -2.28. The molecule has 2 aromatic rings. The number of rotatable bonds is 9. The van der Waals surface area contributed by atoms with E-state index in [0.29, 0.717) is 30.2 Å². The molecule has 4 nitrogen and oxygen atoms in total. The summed E-state index contributed by atoms with van der Waals surface area (Å²) < 4.78 is 12.7. The number of carbonyl (C=O) groups excluding carboxylic acids is 1. The first-order chi connectivity index (χ1) is 13.7. The van der Waals surface area contributed by atoms with Gasteiger partial charge in [0.1, 0.15) is 11.5 Å². The van der Waals surface area contributed by atoms with Crippen molar-refractivity contribution in [2.24, 2.45) is 0 Å². The van der Waals surface area contributed by atoms with Crippen LogP contribution in [0, 0.1) is 0 Å². The normalized spacial score (nSPS) is 11.5. The van der Waals surface area contributed by atoms with Gasteiger partial charge in [-0.2, -0.15) is 0 Å². The van der Waals surface area contributed by atoms with Crippen LogP contribution in [0.4, 0.5) is 5.69 Å². The molecule has 154 valence electrons. The Morgan fingerprint density at radius 3 is 2.24 bits per heavy atom. The van der Waals surface area contributed by atoms with Crippen LogP contribution in [0.1, 0.15) is 49.2 Å². The van der Waals surface area contributed by atoms with Gasteiger partial charge in [0.15, 0.2) is 5.78 Å². The van der Waals surface area contributed by atoms with E-state index in [-0.39, 0.29) is 11.2 Å². The van der Waals surface area contributed by atoms with E-state index in [2.05, 4.69) is 43.0 Å². The van der Waals surface area contributed by atoms with Gasteiger partial charge in [-0.15, -0.1) is 0 Å². The lowest BCUT2D eigenvalue weighted by atomic mass is 9.83. The summed E-state index contributed by atoms with van der Waals surface area (Å²) in [5.41, 5.74) is 8.43. The Hall–Kier alpha value is -2.28. The molecule has 0 aliphatic heterocycles. The Balaban J connectivity index is 2.51. The number of benzene rings is 2. The molecule has 0 aromatic heterocycles. The van der Waals surface area contributed by atoms with Gasteiger partial charge < -0.3 is 15.2 Å². The second-order valence-electron chi connectivity index (χ2n) is 7.10. The lowest BCUT2D eigenvalue weighted by Crippen LogP contribution is -2.19. The number of ketones is 1. The molecule has 2 rings (SSSR count). The molecule has 0 unspecified atom stereocenters. The number of hydrogen-bond donors (Lipinski definition) is 1. The fraction of sp³-hybridized carbons (Fsp3) is 0.292. The average molecular weight is 505 g/mol. The summed E-state index contributed by atoms with van der Waals surface area (Å²) in [7, 11) is 0. The van der Waals surface area contributed by atoms with Crippen LogP contribution >= 0.6 is 22.6 Å². The highest BCUT2D eigenvalue weighted by atomic mass is 127. The summed E-state index contributed by atoms with van der Waals surface area (Å²) in [4.78, 5) is 12.5. The molecule has 0 radical (unpaired) electrons. The molecule has 2 N–H and O–H groups in total. The fourth-order valence-electron chi connectivity index (χ4n) is 2.81. The number of carbonyl (C=O) groups is 1. The molecule has 29 heavy (non-hydrogen) atoms. The van der Waals surface area contributed by atoms with Gasteiger partial charge >= 0.3 is 0 Å². The maximum Gasteiger partial charge on any atom is 0.185 e. The van der Waals surface area contributed by atoms with E-state index in [1.54, 1.807) is 36.4 Å². The molecule has 2 aromatic carbocycles. The molecule has 0 aliphatic carbocycles. The van der Waals surface area contributed by atoms with Crippen LogP contribution in [0.3, 0.4) is 0 Å². The van der Waals surface area contributed by atoms with Gasteiger partial charge in [0, 0.05) is 33.9 Å². The van der Waals surface area contributed by atoms with Crippen molar-refractivity contribution < 1.29 is 14.3 Å². The van der Waals surface area contributed by atoms with Crippen molar-refractivity contribution in [1.82, 2.24) is 0 Å². The second kappa shape index (κ2) is 9.96. The highest BCUT2D eigenvalue weighted by Gasteiger charge is 2.28. The first kappa shape index (κ1) is 23.0. The van der Waals surface area contributed by atoms with E-state index >= 15 is 0 Å². The maximum absolute atomic E-state index is 12.5. The SMILES string of the molecule is C=C(I)C(C)(C)c1cc(/C=C/C(=O)c2ccc(N)cc2)c(OCC)cc1OCC. The number of nitrogens with two attached hydrogens (primary N) is 1. The Morgan fingerprint density at radius 2 is 1.69 bits per heavy atom. The minimum absolute atomic E-state index is 0.0968. The quantitative estimate of drug-likeness (QED) is 0.191. The van der Waals surface area contributed by atoms with Gasteiger partial charge in [-0.3, -0.25) is 4.79 Å². The van der Waals surface area contributed by atoms with E-state index < -0.39 is 0 Å². The molecule has 0 aliphatic rings. The number of nitrogen functional groups attached to an aromatic ring is 1. The summed E-state index contributed by atoms with van der Waals surface area (Å²) in [6, 6.07) is 10.8. The van der Waals surface area contributed by atoms with Gasteiger partial charge in [0.2, 0.25) is 0 Å². The molecular weight excluding hydrogens is 477 g/mol. The number of allylic oxidation sites excluding steroid dienone is 2. The molecule has 0 fully saturated rings. The van der Waals surface area contributed by atoms with Crippen molar-refractivity contribution in [3.8, 4) is 11.5 Å². The topological polar surface area (TPSA) is 61.6 Å². The molecule has 5 heteroatoms. The van der Waals surface area contributed by atoms with Gasteiger partial charge in [0.05, 0.1) is 13.2 Å². The number of hydrogen-bond acceptors (Lipinski definition) is 4. The zero-order valence-electron chi connectivity index (χ0n) is 17.4. The Bertz CT molecular complexity index is 914. The smallest absolute Gasteiger partial charge is 0.185 e. The van der Waals surface area contributed by atoms with Gasteiger partial charge in [-0.25, -0.2) is 0 Å². The highest BCUT2D eigenvalue weighted by Crippen LogP contribution is 2.42. The van der Waals surface area contributed by atoms with Gasteiger partial charge in [-0.05, 0) is 82.5 Å². The first-order valence-electron chi connectivity index (χ1n) is 9.57. The maximum atomic E-state index is 12.5. The van der Waals surface area contributed by atoms with Crippen LogP contribution < -0.4 is 15.2 Å². The number of anilines is 1. The lowest BCUT2D eigenvalue weighted by molar-refractivity contribution is 0.104. The van der Waals surface area contributed by atoms with Crippen molar-refractivity contribution in [3.05, 3.63) is 69.3 Å². The Kier molecular flexibility index (Phi) is 7.90. The third kappa shape index (κ3) is 5.63. The highest BCUT2D eigenvalue weighted by molar-refractivity contribution is 14.1. The van der Waals surface area contributed by atoms with Crippen molar-refractivity contribution in [2.45, 2.75) is 33.1 Å². The summed E-state index contributed by atoms with van der Waals surface area (Å²) in [6.07, 6.45) is 3.34. The molecule has 0 saturated heterocycles. The van der Waals surface area contributed by atoms with Crippen molar-refractivity contribution >= 4 is 40.1 Å². The zero-order chi connectivity index (χ0) is 21.6. The van der Waals surface area contributed by atoms with Gasteiger partial charge in [0.25, 0.3) is 0 Å².